The molecule has 37 heavy (non-hydrogen) atoms. The number of alkyl halides is 2. The van der Waals surface area contributed by atoms with Crippen LogP contribution in [-0.2, 0) is 22.6 Å². The number of amides is 2. The maximum absolute atomic E-state index is 13.0. The second-order valence-electron chi connectivity index (χ2n) is 7.66. The number of rotatable bonds is 10. The predicted octanol–water partition coefficient (Wildman–Crippen LogP) is 3.25. The Morgan fingerprint density at radius 1 is 1.14 bits per heavy atom. The zero-order chi connectivity index (χ0) is 27.3. The molecule has 1 heterocycles. The molecule has 3 rings (SSSR count). The normalized spacial score (nSPS) is 12.8. The summed E-state index contributed by atoms with van der Waals surface area (Å²) in [5.41, 5.74) is 4.83. The maximum Gasteiger partial charge on any atom is 0.405 e. The summed E-state index contributed by atoms with van der Waals surface area (Å²) in [7, 11) is 0. The van der Waals surface area contributed by atoms with Gasteiger partial charge >= 0.3 is 11.8 Å². The molecule has 15 heteroatoms. The second-order valence-corrected chi connectivity index (χ2v) is 8.88. The summed E-state index contributed by atoms with van der Waals surface area (Å²) >= 11 is 18.1. The third kappa shape index (κ3) is 7.19. The van der Waals surface area contributed by atoms with Gasteiger partial charge in [-0.3, -0.25) is 9.36 Å². The van der Waals surface area contributed by atoms with Crippen LogP contribution in [0.5, 0.6) is 0 Å². The highest BCUT2D eigenvalue weighted by molar-refractivity contribution is 6.42. The van der Waals surface area contributed by atoms with Crippen LogP contribution in [0.2, 0.25) is 15.1 Å². The highest BCUT2D eigenvalue weighted by Crippen LogP contribution is 2.31. The van der Waals surface area contributed by atoms with E-state index in [1.807, 2.05) is 0 Å². The summed E-state index contributed by atoms with van der Waals surface area (Å²) < 4.78 is 32.6. The van der Waals surface area contributed by atoms with Crippen molar-refractivity contribution in [2.24, 2.45) is 5.73 Å². The summed E-state index contributed by atoms with van der Waals surface area (Å²) in [4.78, 5) is 36.9. The van der Waals surface area contributed by atoms with E-state index in [1.54, 1.807) is 6.07 Å². The van der Waals surface area contributed by atoms with Crippen molar-refractivity contribution < 1.29 is 28.2 Å². The molecule has 0 aliphatic heterocycles. The molecule has 10 nitrogen and oxygen atoms in total. The van der Waals surface area contributed by atoms with Gasteiger partial charge in [0.25, 0.3) is 6.43 Å². The fourth-order valence-electron chi connectivity index (χ4n) is 3.31. The van der Waals surface area contributed by atoms with Gasteiger partial charge in [-0.2, -0.15) is 0 Å². The van der Waals surface area contributed by atoms with Crippen LogP contribution in [0.3, 0.4) is 0 Å². The molecule has 0 bridgehead atoms. The van der Waals surface area contributed by atoms with Crippen LogP contribution in [0, 0.1) is 0 Å². The van der Waals surface area contributed by atoms with Gasteiger partial charge in [-0.25, -0.2) is 23.1 Å². The van der Waals surface area contributed by atoms with Crippen LogP contribution in [0.4, 0.5) is 13.6 Å². The van der Waals surface area contributed by atoms with Crippen LogP contribution >= 0.6 is 34.8 Å². The molecule has 2 atom stereocenters. The highest BCUT2D eigenvalue weighted by Gasteiger charge is 2.25. The summed E-state index contributed by atoms with van der Waals surface area (Å²) in [5, 5.41) is 16.9. The molecule has 3 aromatic rings. The molecule has 0 saturated carbocycles. The van der Waals surface area contributed by atoms with Gasteiger partial charge in [-0.05, 0) is 30.3 Å². The Bertz CT molecular complexity index is 1330. The minimum absolute atomic E-state index is 0.0604. The number of halogens is 5. The lowest BCUT2D eigenvalue weighted by molar-refractivity contribution is -0.122. The smallest absolute Gasteiger partial charge is 0.405 e. The third-order valence-electron chi connectivity index (χ3n) is 5.05. The molecular formula is C22H20Cl3F2N5O5. The van der Waals surface area contributed by atoms with Crippen LogP contribution in [0.15, 0.2) is 47.3 Å². The quantitative estimate of drug-likeness (QED) is 0.337. The fourth-order valence-corrected chi connectivity index (χ4v) is 3.87. The first kappa shape index (κ1) is 28.4. The number of aliphatic hydroxyl groups is 1. The van der Waals surface area contributed by atoms with Crippen LogP contribution in [-0.4, -0.2) is 50.5 Å². The van der Waals surface area contributed by atoms with E-state index >= 15 is 0 Å². The first-order valence-corrected chi connectivity index (χ1v) is 11.7. The van der Waals surface area contributed by atoms with Gasteiger partial charge in [-0.15, -0.1) is 5.10 Å². The van der Waals surface area contributed by atoms with Crippen molar-refractivity contribution in [3.63, 3.8) is 0 Å². The largest absolute Gasteiger partial charge is 0.440 e. The number of hydrogen-bond donors (Lipinski definition) is 3. The van der Waals surface area contributed by atoms with Gasteiger partial charge < -0.3 is 20.9 Å². The summed E-state index contributed by atoms with van der Waals surface area (Å²) in [6, 6.07) is 10.6. The predicted molar refractivity (Wildman–Crippen MR) is 132 cm³/mol. The van der Waals surface area contributed by atoms with Gasteiger partial charge in [-0.1, -0.05) is 46.9 Å². The molecule has 2 unspecified atom stereocenters. The molecule has 1 aromatic heterocycles. The standard InChI is InChI=1S/C22H20Cl3F2N5O5/c23-12-6-4-11(5-7-12)20-30-32(22(36)31(20)9-15(33)19(26)27)10-17(34)29-8-16(37-21(28)35)13-2-1-3-14(24)18(13)25/h1-7,15-16,19,33H,8-10H2,(H2,28,35)(H,29,34). The first-order chi connectivity index (χ1) is 17.5. The Labute approximate surface area is 223 Å². The summed E-state index contributed by atoms with van der Waals surface area (Å²) in [5.74, 6) is -0.796. The number of nitrogens with one attached hydrogen (secondary N) is 1. The van der Waals surface area contributed by atoms with Gasteiger partial charge in [0.1, 0.15) is 18.8 Å². The Hall–Kier alpha value is -3.19. The average molecular weight is 579 g/mol. The molecule has 0 fully saturated rings. The van der Waals surface area contributed by atoms with Crippen molar-refractivity contribution in [1.29, 1.82) is 0 Å². The van der Waals surface area contributed by atoms with Crippen molar-refractivity contribution in [3.05, 3.63) is 73.6 Å². The van der Waals surface area contributed by atoms with E-state index < -0.39 is 49.4 Å². The van der Waals surface area contributed by atoms with Crippen LogP contribution < -0.4 is 16.7 Å². The minimum atomic E-state index is -3.11. The number of nitrogens with zero attached hydrogens (tertiary/aromatic N) is 3. The molecule has 198 valence electrons. The molecule has 2 amide bonds. The van der Waals surface area contributed by atoms with Crippen LogP contribution in [0.25, 0.3) is 11.4 Å². The number of aliphatic hydroxyl groups excluding tert-OH is 1. The zero-order valence-corrected chi connectivity index (χ0v) is 21.1. The molecule has 0 spiro atoms. The molecule has 0 aliphatic carbocycles. The Morgan fingerprint density at radius 3 is 2.43 bits per heavy atom. The average Bonchev–Trinajstić information content (AvgIpc) is 3.13. The van der Waals surface area contributed by atoms with E-state index in [4.69, 9.17) is 45.3 Å². The van der Waals surface area contributed by atoms with Crippen molar-refractivity contribution in [2.75, 3.05) is 6.54 Å². The number of benzene rings is 2. The van der Waals surface area contributed by atoms with Crippen molar-refractivity contribution in [2.45, 2.75) is 31.7 Å². The topological polar surface area (TPSA) is 141 Å². The van der Waals surface area contributed by atoms with E-state index in [0.717, 1.165) is 9.25 Å². The van der Waals surface area contributed by atoms with Gasteiger partial charge in [0.2, 0.25) is 5.91 Å². The lowest BCUT2D eigenvalue weighted by Crippen LogP contribution is -2.37. The van der Waals surface area contributed by atoms with Crippen molar-refractivity contribution >= 4 is 46.8 Å². The first-order valence-electron chi connectivity index (χ1n) is 10.5. The van der Waals surface area contributed by atoms with Gasteiger partial charge in [0, 0.05) is 16.1 Å². The molecule has 0 radical (unpaired) electrons. The molecular weight excluding hydrogens is 559 g/mol. The fraction of sp³-hybridized carbons (Fsp3) is 0.273. The number of aromatic nitrogens is 3. The monoisotopic (exact) mass is 577 g/mol. The van der Waals surface area contributed by atoms with E-state index in [0.29, 0.717) is 10.6 Å². The Balaban J connectivity index is 1.83. The molecule has 0 saturated heterocycles. The van der Waals surface area contributed by atoms with E-state index in [-0.39, 0.29) is 28.0 Å². The van der Waals surface area contributed by atoms with E-state index in [1.165, 1.54) is 36.4 Å². The number of carbonyl (C=O) groups is 2. The highest BCUT2D eigenvalue weighted by atomic mass is 35.5. The molecule has 2 aromatic carbocycles. The van der Waals surface area contributed by atoms with E-state index in [9.17, 15) is 28.3 Å². The van der Waals surface area contributed by atoms with Crippen molar-refractivity contribution in [1.82, 2.24) is 19.7 Å². The second kappa shape index (κ2) is 12.4. The van der Waals surface area contributed by atoms with E-state index in [2.05, 4.69) is 10.4 Å². The molecule has 4 N–H and O–H groups in total. The number of carbonyl (C=O) groups excluding carboxylic acids is 2. The summed E-state index contributed by atoms with van der Waals surface area (Å²) in [6.07, 6.45) is -7.50. The number of primary amides is 1. The third-order valence-corrected chi connectivity index (χ3v) is 6.14. The van der Waals surface area contributed by atoms with Crippen molar-refractivity contribution in [3.8, 4) is 11.4 Å². The maximum atomic E-state index is 13.0. The lowest BCUT2D eigenvalue weighted by atomic mass is 10.1. The minimum Gasteiger partial charge on any atom is -0.440 e. The summed E-state index contributed by atoms with van der Waals surface area (Å²) in [6.45, 7) is -1.67. The number of nitrogens with two attached hydrogens (primary N) is 1. The lowest BCUT2D eigenvalue weighted by Gasteiger charge is -2.19. The molecule has 0 aliphatic rings. The SMILES string of the molecule is NC(=O)OC(CNC(=O)Cn1nc(-c2ccc(Cl)cc2)n(CC(O)C(F)F)c1=O)c1cccc(Cl)c1Cl. The van der Waals surface area contributed by atoms with Gasteiger partial charge in [0.15, 0.2) is 5.82 Å². The zero-order valence-electron chi connectivity index (χ0n) is 18.8. The van der Waals surface area contributed by atoms with Crippen LogP contribution in [0.1, 0.15) is 11.7 Å². The Kier molecular flexibility index (Phi) is 9.49. The number of ether oxygens (including phenoxy) is 1. The Morgan fingerprint density at radius 2 is 1.81 bits per heavy atom. The number of hydrogen-bond acceptors (Lipinski definition) is 6. The van der Waals surface area contributed by atoms with Gasteiger partial charge in [0.05, 0.1) is 23.1 Å².